The van der Waals surface area contributed by atoms with Gasteiger partial charge in [0.1, 0.15) is 0 Å². The summed E-state index contributed by atoms with van der Waals surface area (Å²) in [6.07, 6.45) is 2.07. The average Bonchev–Trinajstić information content (AvgIpc) is 2.84. The fourth-order valence-corrected chi connectivity index (χ4v) is 4.06. The molecule has 0 bridgehead atoms. The molecule has 0 spiro atoms. The minimum absolute atomic E-state index is 0.0320. The van der Waals surface area contributed by atoms with Crippen molar-refractivity contribution < 1.29 is 4.79 Å². The van der Waals surface area contributed by atoms with Gasteiger partial charge in [-0.3, -0.25) is 4.79 Å². The van der Waals surface area contributed by atoms with Gasteiger partial charge in [0, 0.05) is 38.6 Å². The molecule has 1 amide bonds. The molecule has 2 aromatic carbocycles. The minimum Gasteiger partial charge on any atom is -0.380 e. The van der Waals surface area contributed by atoms with Crippen LogP contribution in [-0.4, -0.2) is 49.3 Å². The number of halogens is 1. The number of hydrogen-bond acceptors (Lipinski definition) is 4. The van der Waals surface area contributed by atoms with Crippen LogP contribution in [0.15, 0.2) is 41.3 Å². The summed E-state index contributed by atoms with van der Waals surface area (Å²) < 4.78 is 0. The maximum absolute atomic E-state index is 11.8. The lowest BCUT2D eigenvalue weighted by atomic mass is 10.0. The Bertz CT molecular complexity index is 808. The molecule has 1 aliphatic heterocycles. The van der Waals surface area contributed by atoms with Gasteiger partial charge in [0.05, 0.1) is 10.7 Å². The van der Waals surface area contributed by atoms with Gasteiger partial charge >= 0.3 is 0 Å². The molecule has 4 nitrogen and oxygen atoms in total. The van der Waals surface area contributed by atoms with E-state index in [-0.39, 0.29) is 5.24 Å². The lowest BCUT2D eigenvalue weighted by Crippen LogP contribution is -2.20. The monoisotopic (exact) mass is 403 g/mol. The molecule has 0 saturated carbocycles. The zero-order chi connectivity index (χ0) is 19.4. The molecule has 0 aliphatic carbocycles. The van der Waals surface area contributed by atoms with Crippen molar-refractivity contribution in [3.8, 4) is 0 Å². The first-order chi connectivity index (χ1) is 12.9. The quantitative estimate of drug-likeness (QED) is 0.747. The van der Waals surface area contributed by atoms with Gasteiger partial charge in [-0.2, -0.15) is 0 Å². The fourth-order valence-electron chi connectivity index (χ4n) is 3.16. The number of amides is 1. The molecule has 3 rings (SSSR count). The fraction of sp³-hybridized carbons (Fsp3) is 0.381. The van der Waals surface area contributed by atoms with E-state index in [1.165, 1.54) is 22.9 Å². The minimum atomic E-state index is 0.0320. The van der Waals surface area contributed by atoms with Crippen LogP contribution in [0, 0.1) is 0 Å². The summed E-state index contributed by atoms with van der Waals surface area (Å²) in [5, 5.41) is 4.36. The van der Waals surface area contributed by atoms with Crippen LogP contribution in [0.3, 0.4) is 0 Å². The summed E-state index contributed by atoms with van der Waals surface area (Å²) in [6.45, 7) is 2.84. The summed E-state index contributed by atoms with van der Waals surface area (Å²) in [5.74, 6) is 0. The zero-order valence-corrected chi connectivity index (χ0v) is 17.7. The number of benzene rings is 2. The Morgan fingerprint density at radius 1 is 1.15 bits per heavy atom. The Morgan fingerprint density at radius 3 is 2.56 bits per heavy atom. The van der Waals surface area contributed by atoms with E-state index in [0.29, 0.717) is 6.54 Å². The molecular weight excluding hydrogens is 378 g/mol. The number of carbonyl (C=O) groups is 1. The Labute approximate surface area is 170 Å². The van der Waals surface area contributed by atoms with Crippen LogP contribution in [-0.2, 0) is 19.4 Å². The SMILES string of the molecule is CN1CCc2ccc(Cl)c(NCc3ccc(SC(=O)N(C)C)cc3)c2CC1. The average molecular weight is 404 g/mol. The van der Waals surface area contributed by atoms with Gasteiger partial charge in [-0.15, -0.1) is 0 Å². The number of nitrogens with one attached hydrogen (secondary N) is 1. The molecular formula is C21H26ClN3OS. The van der Waals surface area contributed by atoms with Crippen molar-refractivity contribution in [3.63, 3.8) is 0 Å². The van der Waals surface area contributed by atoms with Gasteiger partial charge in [0.15, 0.2) is 0 Å². The van der Waals surface area contributed by atoms with Crippen LogP contribution >= 0.6 is 23.4 Å². The van der Waals surface area contributed by atoms with Crippen LogP contribution in [0.25, 0.3) is 0 Å². The van der Waals surface area contributed by atoms with Gasteiger partial charge in [-0.05, 0) is 66.5 Å². The number of fused-ring (bicyclic) bond motifs is 1. The van der Waals surface area contributed by atoms with Crippen molar-refractivity contribution in [2.45, 2.75) is 24.3 Å². The summed E-state index contributed by atoms with van der Waals surface area (Å²) in [7, 11) is 5.69. The van der Waals surface area contributed by atoms with E-state index in [1.54, 1.807) is 19.0 Å². The highest BCUT2D eigenvalue weighted by Gasteiger charge is 2.16. The number of thioether (sulfide) groups is 1. The Balaban J connectivity index is 1.69. The van der Waals surface area contributed by atoms with Gasteiger partial charge in [0.2, 0.25) is 0 Å². The van der Waals surface area contributed by atoms with Crippen molar-refractivity contribution in [1.82, 2.24) is 9.80 Å². The molecule has 0 aromatic heterocycles. The summed E-state index contributed by atoms with van der Waals surface area (Å²) >= 11 is 7.75. The molecule has 0 atom stereocenters. The van der Waals surface area contributed by atoms with Crippen LogP contribution in [0.5, 0.6) is 0 Å². The van der Waals surface area contributed by atoms with Gasteiger partial charge in [-0.1, -0.05) is 29.8 Å². The molecule has 27 heavy (non-hydrogen) atoms. The van der Waals surface area contributed by atoms with E-state index in [2.05, 4.69) is 35.5 Å². The number of carbonyl (C=O) groups excluding carboxylic acids is 1. The molecule has 2 aromatic rings. The Hall–Kier alpha value is -1.69. The predicted octanol–water partition coefficient (Wildman–Crippen LogP) is 4.76. The standard InChI is InChI=1S/C21H26ClN3OS/c1-24(2)21(26)27-17-7-4-15(5-8-17)14-23-20-18-11-13-25(3)12-10-16(18)6-9-19(20)22/h4-9,23H,10-14H2,1-3H3. The smallest absolute Gasteiger partial charge is 0.285 e. The van der Waals surface area contributed by atoms with Crippen molar-refractivity contribution >= 4 is 34.3 Å². The lowest BCUT2D eigenvalue weighted by molar-refractivity contribution is 0.241. The molecule has 0 saturated heterocycles. The second-order valence-corrected chi connectivity index (χ2v) is 8.56. The third-order valence-corrected chi connectivity index (χ3v) is 6.19. The first-order valence-corrected chi connectivity index (χ1v) is 10.3. The van der Waals surface area contributed by atoms with Crippen molar-refractivity contribution in [1.29, 1.82) is 0 Å². The molecule has 0 unspecified atom stereocenters. The van der Waals surface area contributed by atoms with E-state index >= 15 is 0 Å². The van der Waals surface area contributed by atoms with Gasteiger partial charge < -0.3 is 15.1 Å². The third-order valence-electron chi connectivity index (χ3n) is 4.83. The maximum atomic E-state index is 11.8. The second kappa shape index (κ2) is 9.00. The van der Waals surface area contributed by atoms with Gasteiger partial charge in [0.25, 0.3) is 5.24 Å². The highest BCUT2D eigenvalue weighted by atomic mass is 35.5. The zero-order valence-electron chi connectivity index (χ0n) is 16.1. The van der Waals surface area contributed by atoms with Crippen LogP contribution in [0.2, 0.25) is 5.02 Å². The van der Waals surface area contributed by atoms with Crippen molar-refractivity contribution in [2.24, 2.45) is 0 Å². The van der Waals surface area contributed by atoms with Crippen molar-refractivity contribution in [2.75, 3.05) is 39.5 Å². The van der Waals surface area contributed by atoms with E-state index in [1.807, 2.05) is 18.2 Å². The highest BCUT2D eigenvalue weighted by molar-refractivity contribution is 8.13. The predicted molar refractivity (Wildman–Crippen MR) is 115 cm³/mol. The second-order valence-electron chi connectivity index (χ2n) is 7.12. The number of likely N-dealkylation sites (N-methyl/N-ethyl adjacent to an activating group) is 1. The molecule has 144 valence electrons. The highest BCUT2D eigenvalue weighted by Crippen LogP contribution is 2.32. The summed E-state index contributed by atoms with van der Waals surface area (Å²) in [5.41, 5.74) is 4.96. The van der Waals surface area contributed by atoms with Crippen LogP contribution < -0.4 is 5.32 Å². The van der Waals surface area contributed by atoms with E-state index in [4.69, 9.17) is 11.6 Å². The van der Waals surface area contributed by atoms with E-state index in [0.717, 1.165) is 47.1 Å². The maximum Gasteiger partial charge on any atom is 0.285 e. The molecule has 0 radical (unpaired) electrons. The molecule has 1 aliphatic rings. The number of anilines is 1. The number of rotatable bonds is 4. The summed E-state index contributed by atoms with van der Waals surface area (Å²) in [6, 6.07) is 12.3. The van der Waals surface area contributed by atoms with Gasteiger partial charge in [-0.25, -0.2) is 0 Å². The Kier molecular flexibility index (Phi) is 6.68. The Morgan fingerprint density at radius 2 is 1.85 bits per heavy atom. The topological polar surface area (TPSA) is 35.6 Å². The third kappa shape index (κ3) is 5.18. The molecule has 0 fully saturated rings. The molecule has 6 heteroatoms. The molecule has 1 heterocycles. The summed E-state index contributed by atoms with van der Waals surface area (Å²) in [4.78, 5) is 16.7. The van der Waals surface area contributed by atoms with Crippen LogP contribution in [0.1, 0.15) is 16.7 Å². The first-order valence-electron chi connectivity index (χ1n) is 9.15. The van der Waals surface area contributed by atoms with Crippen LogP contribution in [0.4, 0.5) is 10.5 Å². The van der Waals surface area contributed by atoms with E-state index < -0.39 is 0 Å². The van der Waals surface area contributed by atoms with Crippen molar-refractivity contribution in [3.05, 3.63) is 58.1 Å². The first kappa shape index (κ1) is 20.1. The molecule has 1 N–H and O–H groups in total. The number of hydrogen-bond donors (Lipinski definition) is 1. The largest absolute Gasteiger partial charge is 0.380 e. The number of nitrogens with zero attached hydrogens (tertiary/aromatic N) is 2. The lowest BCUT2D eigenvalue weighted by Gasteiger charge is -2.16. The van der Waals surface area contributed by atoms with E-state index in [9.17, 15) is 4.79 Å². The normalized spacial score (nSPS) is 14.4.